The summed E-state index contributed by atoms with van der Waals surface area (Å²) in [5, 5.41) is 2.32. The summed E-state index contributed by atoms with van der Waals surface area (Å²) >= 11 is 20.2. The summed E-state index contributed by atoms with van der Waals surface area (Å²) < 4.78 is 2.10. The van der Waals surface area contributed by atoms with Gasteiger partial charge in [0.25, 0.3) is 0 Å². The Kier molecular flexibility index (Phi) is 6.71. The number of hydrogen-bond donors (Lipinski definition) is 0. The van der Waals surface area contributed by atoms with Crippen molar-refractivity contribution in [1.29, 1.82) is 0 Å². The maximum atomic E-state index is 6.37. The lowest BCUT2D eigenvalue weighted by Crippen LogP contribution is -2.13. The second-order valence-electron chi connectivity index (χ2n) is 5.72. The van der Waals surface area contributed by atoms with E-state index in [1.165, 1.54) is 5.56 Å². The van der Waals surface area contributed by atoms with Crippen LogP contribution in [0.2, 0.25) is 15.1 Å². The van der Waals surface area contributed by atoms with Crippen LogP contribution in [-0.2, 0) is 13.0 Å². The van der Waals surface area contributed by atoms with E-state index in [4.69, 9.17) is 34.8 Å². The first-order valence-corrected chi connectivity index (χ1v) is 9.94. The van der Waals surface area contributed by atoms with E-state index in [0.29, 0.717) is 15.3 Å². The van der Waals surface area contributed by atoms with Gasteiger partial charge >= 0.3 is 0 Å². The van der Waals surface area contributed by atoms with Gasteiger partial charge < -0.3 is 4.57 Å². The van der Waals surface area contributed by atoms with Gasteiger partial charge in [-0.2, -0.15) is 0 Å². The number of nitrogens with zero attached hydrogens (tertiary/aromatic N) is 2. The number of aryl methyl sites for hydroxylation is 1. The van der Waals surface area contributed by atoms with Crippen LogP contribution < -0.4 is 0 Å². The van der Waals surface area contributed by atoms with E-state index in [1.54, 1.807) is 18.0 Å². The molecule has 0 saturated heterocycles. The fourth-order valence-electron chi connectivity index (χ4n) is 2.55. The van der Waals surface area contributed by atoms with Crippen molar-refractivity contribution in [3.8, 4) is 0 Å². The average Bonchev–Trinajstić information content (AvgIpc) is 3.11. The average molecular weight is 412 g/mol. The molecular formula is C19H17Cl3N2S. The summed E-state index contributed by atoms with van der Waals surface area (Å²) in [5.74, 6) is 0. The van der Waals surface area contributed by atoms with E-state index in [1.807, 2.05) is 42.9 Å². The lowest BCUT2D eigenvalue weighted by Gasteiger charge is -2.18. The summed E-state index contributed by atoms with van der Waals surface area (Å²) in [5.41, 5.74) is 1.28. The highest BCUT2D eigenvalue weighted by Gasteiger charge is 2.15. The van der Waals surface area contributed by atoms with Gasteiger partial charge in [0.1, 0.15) is 0 Å². The minimum atomic E-state index is 0.348. The number of aromatic nitrogens is 2. The van der Waals surface area contributed by atoms with Crippen molar-refractivity contribution in [2.45, 2.75) is 29.5 Å². The molecular weight excluding hydrogens is 395 g/mol. The topological polar surface area (TPSA) is 17.8 Å². The third kappa shape index (κ3) is 5.42. The van der Waals surface area contributed by atoms with Gasteiger partial charge in [0, 0.05) is 34.1 Å². The highest BCUT2D eigenvalue weighted by atomic mass is 35.5. The summed E-state index contributed by atoms with van der Waals surface area (Å²) in [6, 6.07) is 13.8. The molecule has 0 aliphatic heterocycles. The van der Waals surface area contributed by atoms with Crippen LogP contribution >= 0.6 is 46.6 Å². The second-order valence-corrected chi connectivity index (χ2v) is 8.28. The molecule has 1 atom stereocenters. The molecule has 25 heavy (non-hydrogen) atoms. The van der Waals surface area contributed by atoms with Gasteiger partial charge in [-0.3, -0.25) is 0 Å². The highest BCUT2D eigenvalue weighted by molar-refractivity contribution is 8.00. The Morgan fingerprint density at radius 1 is 1.04 bits per heavy atom. The Labute approximate surface area is 167 Å². The number of thioether (sulfide) groups is 1. The maximum absolute atomic E-state index is 6.37. The molecule has 0 radical (unpaired) electrons. The molecule has 1 heterocycles. The number of imidazole rings is 1. The third-order valence-electron chi connectivity index (χ3n) is 3.85. The van der Waals surface area contributed by atoms with Crippen LogP contribution in [-0.4, -0.2) is 14.8 Å². The third-order valence-corrected chi connectivity index (χ3v) is 6.35. The molecule has 0 saturated carbocycles. The van der Waals surface area contributed by atoms with Crippen LogP contribution in [0, 0.1) is 0 Å². The van der Waals surface area contributed by atoms with Crippen LogP contribution in [0.5, 0.6) is 0 Å². The predicted octanol–water partition coefficient (Wildman–Crippen LogP) is 6.64. The fraction of sp³-hybridized carbons (Fsp3) is 0.211. The van der Waals surface area contributed by atoms with E-state index >= 15 is 0 Å². The van der Waals surface area contributed by atoms with Crippen molar-refractivity contribution < 1.29 is 0 Å². The van der Waals surface area contributed by atoms with Crippen molar-refractivity contribution in [3.05, 3.63) is 81.8 Å². The fourth-order valence-corrected chi connectivity index (χ4v) is 4.38. The van der Waals surface area contributed by atoms with Crippen LogP contribution in [0.3, 0.4) is 0 Å². The van der Waals surface area contributed by atoms with E-state index in [2.05, 4.69) is 21.7 Å². The summed E-state index contributed by atoms with van der Waals surface area (Å²) in [6.07, 6.45) is 7.60. The van der Waals surface area contributed by atoms with Crippen LogP contribution in [0.4, 0.5) is 0 Å². The first-order valence-electron chi connectivity index (χ1n) is 7.92. The van der Waals surface area contributed by atoms with Crippen molar-refractivity contribution in [1.82, 2.24) is 9.55 Å². The SMILES string of the molecule is Clc1ccc(CCC(Cn2ccnc2)Sc2cccc(Cl)c2Cl)cc1. The molecule has 1 unspecified atom stereocenters. The first kappa shape index (κ1) is 18.7. The van der Waals surface area contributed by atoms with E-state index in [0.717, 1.165) is 29.3 Å². The Morgan fingerprint density at radius 3 is 2.56 bits per heavy atom. The Bertz CT molecular complexity index is 804. The second kappa shape index (κ2) is 9.00. The maximum Gasteiger partial charge on any atom is 0.0946 e. The van der Waals surface area contributed by atoms with E-state index < -0.39 is 0 Å². The number of rotatable bonds is 7. The van der Waals surface area contributed by atoms with Gasteiger partial charge in [-0.25, -0.2) is 4.98 Å². The minimum Gasteiger partial charge on any atom is -0.336 e. The Balaban J connectivity index is 1.72. The standard InChI is InChI=1S/C19H17Cl3N2S/c20-15-7-4-14(5-8-15)6-9-16(12-24-11-10-23-13-24)25-18-3-1-2-17(21)19(18)22/h1-5,7-8,10-11,13,16H,6,9,12H2. The lowest BCUT2D eigenvalue weighted by molar-refractivity contribution is 0.624. The quantitative estimate of drug-likeness (QED) is 0.406. The molecule has 0 bridgehead atoms. The normalized spacial score (nSPS) is 12.3. The molecule has 6 heteroatoms. The molecule has 2 aromatic carbocycles. The summed E-state index contributed by atoms with van der Waals surface area (Å²) in [4.78, 5) is 5.14. The van der Waals surface area contributed by atoms with Gasteiger partial charge in [-0.05, 0) is 42.7 Å². The van der Waals surface area contributed by atoms with E-state index in [-0.39, 0.29) is 0 Å². The van der Waals surface area contributed by atoms with Gasteiger partial charge in [-0.15, -0.1) is 11.8 Å². The zero-order valence-corrected chi connectivity index (χ0v) is 16.5. The lowest BCUT2D eigenvalue weighted by atomic mass is 10.1. The largest absolute Gasteiger partial charge is 0.336 e. The van der Waals surface area contributed by atoms with Crippen molar-refractivity contribution in [2.24, 2.45) is 0 Å². The first-order chi connectivity index (χ1) is 12.1. The molecule has 3 aromatic rings. The van der Waals surface area contributed by atoms with Crippen molar-refractivity contribution >= 4 is 46.6 Å². The van der Waals surface area contributed by atoms with Crippen LogP contribution in [0.1, 0.15) is 12.0 Å². The van der Waals surface area contributed by atoms with E-state index in [9.17, 15) is 0 Å². The van der Waals surface area contributed by atoms with Gasteiger partial charge in [0.2, 0.25) is 0 Å². The molecule has 3 rings (SSSR count). The molecule has 1 aromatic heterocycles. The van der Waals surface area contributed by atoms with Crippen LogP contribution in [0.25, 0.3) is 0 Å². The smallest absolute Gasteiger partial charge is 0.0946 e. The van der Waals surface area contributed by atoms with Crippen molar-refractivity contribution in [3.63, 3.8) is 0 Å². The monoisotopic (exact) mass is 410 g/mol. The number of hydrogen-bond acceptors (Lipinski definition) is 2. The molecule has 0 spiro atoms. The molecule has 2 nitrogen and oxygen atoms in total. The summed E-state index contributed by atoms with van der Waals surface area (Å²) in [7, 11) is 0. The zero-order chi connectivity index (χ0) is 17.6. The van der Waals surface area contributed by atoms with Gasteiger partial charge in [0.15, 0.2) is 0 Å². The molecule has 0 aliphatic carbocycles. The molecule has 0 aliphatic rings. The van der Waals surface area contributed by atoms with Crippen molar-refractivity contribution in [2.75, 3.05) is 0 Å². The zero-order valence-electron chi connectivity index (χ0n) is 13.4. The minimum absolute atomic E-state index is 0.348. The predicted molar refractivity (Wildman–Crippen MR) is 108 cm³/mol. The highest BCUT2D eigenvalue weighted by Crippen LogP contribution is 2.36. The summed E-state index contributed by atoms with van der Waals surface area (Å²) in [6.45, 7) is 0.862. The Morgan fingerprint density at radius 2 is 1.84 bits per heavy atom. The molecule has 130 valence electrons. The molecule has 0 N–H and O–H groups in total. The van der Waals surface area contributed by atoms with Gasteiger partial charge in [-0.1, -0.05) is 53.0 Å². The van der Waals surface area contributed by atoms with Crippen LogP contribution in [0.15, 0.2) is 66.1 Å². The van der Waals surface area contributed by atoms with Gasteiger partial charge in [0.05, 0.1) is 16.4 Å². The number of halogens is 3. The Hall–Kier alpha value is -1.13. The number of benzene rings is 2. The molecule has 0 amide bonds. The molecule has 0 fully saturated rings.